The van der Waals surface area contributed by atoms with E-state index in [1.165, 1.54) is 10.9 Å². The first-order chi connectivity index (χ1) is 14.7. The van der Waals surface area contributed by atoms with E-state index in [0.29, 0.717) is 44.0 Å². The molecule has 168 valence electrons. The van der Waals surface area contributed by atoms with Crippen LogP contribution in [0.1, 0.15) is 34.1 Å². The highest BCUT2D eigenvalue weighted by Crippen LogP contribution is 2.27. The van der Waals surface area contributed by atoms with E-state index in [1.54, 1.807) is 23.4 Å². The van der Waals surface area contributed by atoms with Gasteiger partial charge in [-0.1, -0.05) is 18.7 Å². The Bertz CT molecular complexity index is 869. The molecule has 1 aromatic rings. The molecule has 2 bridgehead atoms. The summed E-state index contributed by atoms with van der Waals surface area (Å²) in [6.07, 6.45) is 8.49. The molecule has 1 aromatic heterocycles. The Morgan fingerprint density at radius 2 is 1.87 bits per heavy atom. The maximum Gasteiger partial charge on any atom is 0.410 e. The van der Waals surface area contributed by atoms with Crippen LogP contribution in [0.5, 0.6) is 0 Å². The predicted molar refractivity (Wildman–Crippen MR) is 116 cm³/mol. The number of carbonyl (C=O) groups is 2. The highest BCUT2D eigenvalue weighted by molar-refractivity contribution is 6.03. The van der Waals surface area contributed by atoms with Crippen molar-refractivity contribution in [1.29, 1.82) is 0 Å². The molecule has 2 amide bonds. The summed E-state index contributed by atoms with van der Waals surface area (Å²) in [4.78, 5) is 31.3. The number of hydrogen-bond donors (Lipinski definition) is 0. The molecule has 2 aliphatic heterocycles. The maximum atomic E-state index is 13.7. The summed E-state index contributed by atoms with van der Waals surface area (Å²) in [5.74, 6) is -0.176. The fraction of sp³-hybridized carbons (Fsp3) is 0.545. The molecule has 0 aliphatic carbocycles. The van der Waals surface area contributed by atoms with E-state index in [-0.39, 0.29) is 24.1 Å². The molecule has 2 aliphatic rings. The lowest BCUT2D eigenvalue weighted by atomic mass is 10.0. The third-order valence-electron chi connectivity index (χ3n) is 5.13. The van der Waals surface area contributed by atoms with E-state index in [0.717, 1.165) is 0 Å². The second kappa shape index (κ2) is 9.47. The molecule has 3 heterocycles. The van der Waals surface area contributed by atoms with E-state index < -0.39 is 5.60 Å². The van der Waals surface area contributed by atoms with Crippen LogP contribution in [0.25, 0.3) is 5.70 Å². The molecular weight excluding hydrogens is 398 g/mol. The minimum absolute atomic E-state index is 0.147. The first-order valence-electron chi connectivity index (χ1n) is 10.5. The van der Waals surface area contributed by atoms with Crippen molar-refractivity contribution in [2.75, 3.05) is 26.3 Å². The van der Waals surface area contributed by atoms with Crippen molar-refractivity contribution in [2.45, 2.75) is 51.8 Å². The molecule has 31 heavy (non-hydrogen) atoms. The van der Waals surface area contributed by atoms with E-state index in [9.17, 15) is 9.59 Å². The second-order valence-electron chi connectivity index (χ2n) is 8.59. The number of aromatic nitrogens is 3. The SMILES string of the molecule is C=C/C(C(=O)N1C2CCN(C(=O)OC(C)(C)C)CC1COC2)=C(\C=C/C)n1nccn1. The van der Waals surface area contributed by atoms with Crippen LogP contribution >= 0.6 is 0 Å². The van der Waals surface area contributed by atoms with E-state index in [4.69, 9.17) is 9.47 Å². The molecule has 2 fully saturated rings. The van der Waals surface area contributed by atoms with Gasteiger partial charge in [0, 0.05) is 13.1 Å². The number of hydrogen-bond acceptors (Lipinski definition) is 6. The van der Waals surface area contributed by atoms with Crippen LogP contribution in [-0.2, 0) is 14.3 Å². The van der Waals surface area contributed by atoms with Gasteiger partial charge < -0.3 is 19.3 Å². The Labute approximate surface area is 183 Å². The molecule has 0 saturated carbocycles. The molecule has 2 saturated heterocycles. The average molecular weight is 430 g/mol. The molecular formula is C22H31N5O4. The summed E-state index contributed by atoms with van der Waals surface area (Å²) in [5, 5.41) is 8.35. The van der Waals surface area contributed by atoms with Crippen LogP contribution in [0.2, 0.25) is 0 Å². The highest BCUT2D eigenvalue weighted by atomic mass is 16.6. The molecule has 0 radical (unpaired) electrons. The van der Waals surface area contributed by atoms with Crippen LogP contribution in [0.3, 0.4) is 0 Å². The number of rotatable bonds is 4. The van der Waals surface area contributed by atoms with E-state index >= 15 is 0 Å². The quantitative estimate of drug-likeness (QED) is 0.540. The fourth-order valence-corrected chi connectivity index (χ4v) is 3.84. The number of nitrogens with zero attached hydrogens (tertiary/aromatic N) is 5. The van der Waals surface area contributed by atoms with Crippen molar-refractivity contribution in [3.8, 4) is 0 Å². The minimum atomic E-state index is -0.582. The summed E-state index contributed by atoms with van der Waals surface area (Å²) in [6, 6.07) is -0.431. The predicted octanol–water partition coefficient (Wildman–Crippen LogP) is 2.49. The Balaban J connectivity index is 1.92. The van der Waals surface area contributed by atoms with E-state index in [2.05, 4.69) is 16.8 Å². The highest BCUT2D eigenvalue weighted by Gasteiger charge is 2.41. The maximum absolute atomic E-state index is 13.7. The normalized spacial score (nSPS) is 22.7. The first-order valence-corrected chi connectivity index (χ1v) is 10.5. The number of amides is 2. The first kappa shape index (κ1) is 22.7. The molecule has 0 N–H and O–H groups in total. The van der Waals surface area contributed by atoms with E-state index in [1.807, 2.05) is 38.7 Å². The molecule has 2 unspecified atom stereocenters. The van der Waals surface area contributed by atoms with Crippen LogP contribution in [-0.4, -0.2) is 80.8 Å². The van der Waals surface area contributed by atoms with Gasteiger partial charge in [0.05, 0.1) is 49.0 Å². The topological polar surface area (TPSA) is 89.8 Å². The molecule has 9 nitrogen and oxygen atoms in total. The van der Waals surface area contributed by atoms with Crippen LogP contribution in [0.15, 0.2) is 42.8 Å². The van der Waals surface area contributed by atoms with Crippen molar-refractivity contribution >= 4 is 17.7 Å². The van der Waals surface area contributed by atoms with Crippen LogP contribution in [0, 0.1) is 0 Å². The molecule has 3 rings (SSSR count). The van der Waals surface area contributed by atoms with Gasteiger partial charge in [0.15, 0.2) is 0 Å². The van der Waals surface area contributed by atoms with Crippen molar-refractivity contribution in [1.82, 2.24) is 24.8 Å². The van der Waals surface area contributed by atoms with Gasteiger partial charge in [-0.2, -0.15) is 15.0 Å². The van der Waals surface area contributed by atoms with Gasteiger partial charge in [-0.05, 0) is 40.2 Å². The molecule has 9 heteroatoms. The minimum Gasteiger partial charge on any atom is -0.444 e. The standard InChI is InChI=1S/C22H31N5O4/c1-6-8-19(27-23-10-11-24-27)18(7-2)20(28)26-16-9-12-25(13-17(26)15-30-14-16)21(29)31-22(3,4)5/h6-8,10-11,16-17H,2,9,12-15H2,1,3-5H3/b8-6-,19-18-. The summed E-state index contributed by atoms with van der Waals surface area (Å²) >= 11 is 0. The van der Waals surface area contributed by atoms with Crippen LogP contribution < -0.4 is 0 Å². The third-order valence-corrected chi connectivity index (χ3v) is 5.13. The Morgan fingerprint density at radius 1 is 1.19 bits per heavy atom. The average Bonchev–Trinajstić information content (AvgIpc) is 3.20. The number of fused-ring (bicyclic) bond motifs is 2. The zero-order valence-corrected chi connectivity index (χ0v) is 18.7. The van der Waals surface area contributed by atoms with Gasteiger partial charge >= 0.3 is 6.09 Å². The second-order valence-corrected chi connectivity index (χ2v) is 8.59. The van der Waals surface area contributed by atoms with Crippen molar-refractivity contribution in [2.24, 2.45) is 0 Å². The third kappa shape index (κ3) is 5.22. The van der Waals surface area contributed by atoms with Crippen molar-refractivity contribution in [3.63, 3.8) is 0 Å². The smallest absolute Gasteiger partial charge is 0.410 e. The molecule has 2 atom stereocenters. The van der Waals surface area contributed by atoms with Gasteiger partial charge in [-0.15, -0.1) is 0 Å². The monoisotopic (exact) mass is 429 g/mol. The summed E-state index contributed by atoms with van der Waals surface area (Å²) in [7, 11) is 0. The fourth-order valence-electron chi connectivity index (χ4n) is 3.84. The number of carbonyl (C=O) groups excluding carboxylic acids is 2. The largest absolute Gasteiger partial charge is 0.444 e. The lowest BCUT2D eigenvalue weighted by molar-refractivity contribution is -0.140. The van der Waals surface area contributed by atoms with Crippen molar-refractivity contribution < 1.29 is 19.1 Å². The number of allylic oxidation sites excluding steroid dienone is 3. The van der Waals surface area contributed by atoms with Gasteiger partial charge in [0.25, 0.3) is 5.91 Å². The number of ether oxygens (including phenoxy) is 2. The van der Waals surface area contributed by atoms with Gasteiger partial charge in [-0.25, -0.2) is 4.79 Å². The molecule has 0 spiro atoms. The zero-order valence-electron chi connectivity index (χ0n) is 18.7. The molecule has 0 aromatic carbocycles. The lowest BCUT2D eigenvalue weighted by Crippen LogP contribution is -2.56. The van der Waals surface area contributed by atoms with Gasteiger partial charge in [0.2, 0.25) is 0 Å². The Kier molecular flexibility index (Phi) is 6.94. The summed E-state index contributed by atoms with van der Waals surface area (Å²) in [5.41, 5.74) is 0.359. The Morgan fingerprint density at radius 3 is 2.48 bits per heavy atom. The zero-order chi connectivity index (χ0) is 22.6. The lowest BCUT2D eigenvalue weighted by Gasteiger charge is -2.40. The summed E-state index contributed by atoms with van der Waals surface area (Å²) in [6.45, 7) is 12.9. The van der Waals surface area contributed by atoms with Crippen LogP contribution in [0.4, 0.5) is 4.79 Å². The number of morpholine rings is 1. The van der Waals surface area contributed by atoms with Gasteiger partial charge in [0.1, 0.15) is 5.60 Å². The summed E-state index contributed by atoms with van der Waals surface area (Å²) < 4.78 is 11.3. The van der Waals surface area contributed by atoms with Crippen molar-refractivity contribution in [3.05, 3.63) is 42.8 Å². The Hall–Kier alpha value is -2.94. The van der Waals surface area contributed by atoms with Gasteiger partial charge in [-0.3, -0.25) is 4.79 Å².